The molecule has 0 saturated heterocycles. The van der Waals surface area contributed by atoms with Crippen LogP contribution in [0.2, 0.25) is 0 Å². The van der Waals surface area contributed by atoms with Crippen molar-refractivity contribution in [2.45, 2.75) is 46.5 Å². The third kappa shape index (κ3) is 13.4. The Morgan fingerprint density at radius 1 is 0.952 bits per heavy atom. The van der Waals surface area contributed by atoms with Crippen LogP contribution in [-0.4, -0.2) is 51.3 Å². The Hall–Kier alpha value is -1.30. The Kier molecular flexibility index (Phi) is 14.2. The molecule has 6 nitrogen and oxygen atoms in total. The highest BCUT2D eigenvalue weighted by atomic mass is 16.5. The first kappa shape index (κ1) is 19.7. The predicted molar refractivity (Wildman–Crippen MR) is 87.6 cm³/mol. The number of nitrogens with zero attached hydrogens (tertiary/aromatic N) is 1. The molecular weight excluding hydrogens is 268 g/mol. The van der Waals surface area contributed by atoms with E-state index in [-0.39, 0.29) is 12.5 Å². The lowest BCUT2D eigenvalue weighted by Crippen LogP contribution is -2.39. The molecule has 0 aromatic heterocycles. The molecule has 0 saturated carbocycles. The van der Waals surface area contributed by atoms with Crippen LogP contribution in [0.3, 0.4) is 0 Å². The van der Waals surface area contributed by atoms with Gasteiger partial charge in [-0.05, 0) is 26.2 Å². The number of rotatable bonds is 12. The van der Waals surface area contributed by atoms with E-state index in [2.05, 4.69) is 27.9 Å². The molecular formula is C15H32N4O2. The Morgan fingerprint density at radius 2 is 1.71 bits per heavy atom. The predicted octanol–water partition coefficient (Wildman–Crippen LogP) is 1.27. The van der Waals surface area contributed by atoms with Crippen molar-refractivity contribution in [3.8, 4) is 0 Å². The van der Waals surface area contributed by atoms with Gasteiger partial charge in [-0.1, -0.05) is 20.3 Å². The second-order valence-electron chi connectivity index (χ2n) is 4.79. The Labute approximate surface area is 129 Å². The zero-order valence-electron chi connectivity index (χ0n) is 13.8. The van der Waals surface area contributed by atoms with E-state index in [1.807, 2.05) is 13.8 Å². The highest BCUT2D eigenvalue weighted by Crippen LogP contribution is 1.89. The Balaban J connectivity index is 3.81. The Morgan fingerprint density at radius 3 is 2.38 bits per heavy atom. The molecule has 124 valence electrons. The minimum Gasteiger partial charge on any atom is -0.381 e. The maximum atomic E-state index is 11.5. The average Bonchev–Trinajstić information content (AvgIpc) is 2.49. The quantitative estimate of drug-likeness (QED) is 0.288. The third-order valence-electron chi connectivity index (χ3n) is 2.70. The van der Waals surface area contributed by atoms with Gasteiger partial charge in [-0.3, -0.25) is 4.79 Å². The molecule has 1 amide bonds. The fourth-order valence-corrected chi connectivity index (χ4v) is 1.54. The van der Waals surface area contributed by atoms with Crippen LogP contribution in [0.1, 0.15) is 46.5 Å². The maximum Gasteiger partial charge on any atom is 0.241 e. The number of unbranched alkanes of at least 4 members (excludes halogenated alkanes) is 1. The summed E-state index contributed by atoms with van der Waals surface area (Å²) in [5.74, 6) is 0.634. The van der Waals surface area contributed by atoms with Crippen molar-refractivity contribution in [3.63, 3.8) is 0 Å². The molecule has 0 aromatic rings. The normalized spacial score (nSPS) is 11.3. The van der Waals surface area contributed by atoms with E-state index in [1.165, 1.54) is 0 Å². The molecule has 0 bridgehead atoms. The lowest BCUT2D eigenvalue weighted by Gasteiger charge is -2.11. The highest BCUT2D eigenvalue weighted by Gasteiger charge is 2.01. The van der Waals surface area contributed by atoms with E-state index in [4.69, 9.17) is 4.74 Å². The Bertz CT molecular complexity index is 283. The van der Waals surface area contributed by atoms with Gasteiger partial charge < -0.3 is 20.7 Å². The SMILES string of the molecule is CCCCOCCCNC(=NCC(=O)NCCC)NCC. The van der Waals surface area contributed by atoms with Gasteiger partial charge in [-0.2, -0.15) is 0 Å². The monoisotopic (exact) mass is 300 g/mol. The van der Waals surface area contributed by atoms with Gasteiger partial charge >= 0.3 is 0 Å². The number of carbonyl (C=O) groups excluding carboxylic acids is 1. The summed E-state index contributed by atoms with van der Waals surface area (Å²) in [7, 11) is 0. The van der Waals surface area contributed by atoms with Crippen LogP contribution in [0.25, 0.3) is 0 Å². The summed E-state index contributed by atoms with van der Waals surface area (Å²) in [6.07, 6.45) is 4.14. The molecule has 21 heavy (non-hydrogen) atoms. The fourth-order valence-electron chi connectivity index (χ4n) is 1.54. The van der Waals surface area contributed by atoms with Crippen molar-refractivity contribution < 1.29 is 9.53 Å². The van der Waals surface area contributed by atoms with Crippen LogP contribution in [0.4, 0.5) is 0 Å². The van der Waals surface area contributed by atoms with Crippen molar-refractivity contribution in [1.29, 1.82) is 0 Å². The highest BCUT2D eigenvalue weighted by molar-refractivity contribution is 5.84. The summed E-state index contributed by atoms with van der Waals surface area (Å²) in [6.45, 7) is 10.2. The van der Waals surface area contributed by atoms with Crippen LogP contribution in [0, 0.1) is 0 Å². The van der Waals surface area contributed by atoms with Gasteiger partial charge in [0.15, 0.2) is 5.96 Å². The third-order valence-corrected chi connectivity index (χ3v) is 2.70. The molecule has 0 atom stereocenters. The summed E-state index contributed by atoms with van der Waals surface area (Å²) in [4.78, 5) is 15.7. The minimum absolute atomic E-state index is 0.0445. The molecule has 3 N–H and O–H groups in total. The second kappa shape index (κ2) is 15.1. The van der Waals surface area contributed by atoms with Gasteiger partial charge in [0.1, 0.15) is 6.54 Å². The molecule has 0 aliphatic carbocycles. The van der Waals surface area contributed by atoms with Crippen molar-refractivity contribution >= 4 is 11.9 Å². The number of amides is 1. The zero-order valence-corrected chi connectivity index (χ0v) is 13.8. The lowest BCUT2D eigenvalue weighted by atomic mass is 10.4. The molecule has 0 radical (unpaired) electrons. The van der Waals surface area contributed by atoms with Crippen molar-refractivity contribution in [2.24, 2.45) is 4.99 Å². The van der Waals surface area contributed by atoms with E-state index < -0.39 is 0 Å². The molecule has 0 rings (SSSR count). The maximum absolute atomic E-state index is 11.5. The first-order chi connectivity index (χ1) is 10.2. The topological polar surface area (TPSA) is 74.8 Å². The van der Waals surface area contributed by atoms with E-state index in [0.717, 1.165) is 52.0 Å². The first-order valence-corrected chi connectivity index (χ1v) is 8.11. The molecule has 0 heterocycles. The number of carbonyl (C=O) groups is 1. The van der Waals surface area contributed by atoms with Crippen molar-refractivity contribution in [1.82, 2.24) is 16.0 Å². The fraction of sp³-hybridized carbons (Fsp3) is 0.867. The second-order valence-corrected chi connectivity index (χ2v) is 4.79. The smallest absolute Gasteiger partial charge is 0.241 e. The van der Waals surface area contributed by atoms with E-state index in [1.54, 1.807) is 0 Å². The van der Waals surface area contributed by atoms with Crippen molar-refractivity contribution in [3.05, 3.63) is 0 Å². The van der Waals surface area contributed by atoms with Crippen molar-refractivity contribution in [2.75, 3.05) is 39.4 Å². The zero-order chi connectivity index (χ0) is 15.8. The van der Waals surface area contributed by atoms with Crippen LogP contribution in [0.5, 0.6) is 0 Å². The van der Waals surface area contributed by atoms with Crippen LogP contribution >= 0.6 is 0 Å². The molecule has 0 aliphatic heterocycles. The first-order valence-electron chi connectivity index (χ1n) is 8.11. The summed E-state index contributed by atoms with van der Waals surface area (Å²) >= 11 is 0. The molecule has 0 aromatic carbocycles. The number of aliphatic imine (C=N–C) groups is 1. The van der Waals surface area contributed by atoms with Crippen LogP contribution in [0.15, 0.2) is 4.99 Å². The standard InChI is InChI=1S/C15H32N4O2/c1-4-7-11-21-12-8-10-18-15(16-6-3)19-13-14(20)17-9-5-2/h4-13H2,1-3H3,(H,17,20)(H2,16,18,19). The number of hydrogen-bond acceptors (Lipinski definition) is 3. The van der Waals surface area contributed by atoms with E-state index in [0.29, 0.717) is 12.5 Å². The molecule has 0 aliphatic rings. The minimum atomic E-state index is -0.0445. The molecule has 0 spiro atoms. The summed E-state index contributed by atoms with van der Waals surface area (Å²) in [5, 5.41) is 9.13. The van der Waals surface area contributed by atoms with Gasteiger partial charge in [0.2, 0.25) is 5.91 Å². The summed E-state index contributed by atoms with van der Waals surface area (Å²) in [6, 6.07) is 0. The van der Waals surface area contributed by atoms with Gasteiger partial charge in [0.25, 0.3) is 0 Å². The van der Waals surface area contributed by atoms with Gasteiger partial charge in [0, 0.05) is 32.8 Å². The molecule has 0 fully saturated rings. The van der Waals surface area contributed by atoms with Crippen LogP contribution in [-0.2, 0) is 9.53 Å². The number of guanidine groups is 1. The average molecular weight is 300 g/mol. The van der Waals surface area contributed by atoms with E-state index in [9.17, 15) is 4.79 Å². The summed E-state index contributed by atoms with van der Waals surface area (Å²) in [5.41, 5.74) is 0. The van der Waals surface area contributed by atoms with Gasteiger partial charge in [0.05, 0.1) is 0 Å². The number of hydrogen-bond donors (Lipinski definition) is 3. The van der Waals surface area contributed by atoms with Gasteiger partial charge in [-0.15, -0.1) is 0 Å². The molecule has 0 unspecified atom stereocenters. The largest absolute Gasteiger partial charge is 0.381 e. The van der Waals surface area contributed by atoms with Crippen LogP contribution < -0.4 is 16.0 Å². The van der Waals surface area contributed by atoms with Gasteiger partial charge in [-0.25, -0.2) is 4.99 Å². The molecule has 6 heteroatoms. The lowest BCUT2D eigenvalue weighted by molar-refractivity contribution is -0.119. The number of nitrogens with one attached hydrogen (secondary N) is 3. The number of ether oxygens (including phenoxy) is 1. The summed E-state index contributed by atoms with van der Waals surface area (Å²) < 4.78 is 5.49. The van der Waals surface area contributed by atoms with E-state index >= 15 is 0 Å².